The molecular formula is C19H20N2O3. The van der Waals surface area contributed by atoms with Crippen LogP contribution in [0.3, 0.4) is 0 Å². The van der Waals surface area contributed by atoms with E-state index in [0.29, 0.717) is 30.8 Å². The summed E-state index contributed by atoms with van der Waals surface area (Å²) in [5.74, 6) is 0.612. The Morgan fingerprint density at radius 3 is 2.75 bits per heavy atom. The molecule has 0 bridgehead atoms. The number of rotatable bonds is 5. The van der Waals surface area contributed by atoms with Crippen LogP contribution in [0, 0.1) is 0 Å². The molecule has 0 saturated heterocycles. The van der Waals surface area contributed by atoms with Crippen molar-refractivity contribution in [3.63, 3.8) is 0 Å². The summed E-state index contributed by atoms with van der Waals surface area (Å²) in [4.78, 5) is 25.4. The lowest BCUT2D eigenvalue weighted by Gasteiger charge is -2.19. The quantitative estimate of drug-likeness (QED) is 0.920. The molecule has 0 radical (unpaired) electrons. The minimum atomic E-state index is -0.154. The van der Waals surface area contributed by atoms with Crippen molar-refractivity contribution in [3.05, 3.63) is 59.7 Å². The highest BCUT2D eigenvalue weighted by molar-refractivity contribution is 5.95. The Hall–Kier alpha value is -2.82. The summed E-state index contributed by atoms with van der Waals surface area (Å²) < 4.78 is 5.33. The first-order valence-corrected chi connectivity index (χ1v) is 7.95. The summed E-state index contributed by atoms with van der Waals surface area (Å²) >= 11 is 0. The number of hydrogen-bond acceptors (Lipinski definition) is 3. The SMILES string of the molecule is CN(Cc1ccccc1)C(=O)CCc1ccc2c(c1)NC(=O)CO2. The predicted octanol–water partition coefficient (Wildman–Crippen LogP) is 2.61. The summed E-state index contributed by atoms with van der Waals surface area (Å²) in [7, 11) is 1.82. The van der Waals surface area contributed by atoms with Crippen LogP contribution in [-0.2, 0) is 22.6 Å². The second-order valence-corrected chi connectivity index (χ2v) is 5.90. The van der Waals surface area contributed by atoms with E-state index in [4.69, 9.17) is 4.74 Å². The van der Waals surface area contributed by atoms with Gasteiger partial charge in [-0.05, 0) is 29.7 Å². The lowest BCUT2D eigenvalue weighted by atomic mass is 10.1. The van der Waals surface area contributed by atoms with E-state index in [1.54, 1.807) is 4.90 Å². The van der Waals surface area contributed by atoms with Gasteiger partial charge in [0.05, 0.1) is 5.69 Å². The van der Waals surface area contributed by atoms with E-state index in [1.807, 2.05) is 55.6 Å². The van der Waals surface area contributed by atoms with Gasteiger partial charge in [-0.2, -0.15) is 0 Å². The van der Waals surface area contributed by atoms with Gasteiger partial charge in [0.2, 0.25) is 5.91 Å². The molecule has 3 rings (SSSR count). The molecule has 0 spiro atoms. The van der Waals surface area contributed by atoms with E-state index in [2.05, 4.69) is 5.32 Å². The number of carbonyl (C=O) groups is 2. The van der Waals surface area contributed by atoms with Gasteiger partial charge >= 0.3 is 0 Å². The fourth-order valence-corrected chi connectivity index (χ4v) is 2.67. The Labute approximate surface area is 141 Å². The van der Waals surface area contributed by atoms with Gasteiger partial charge in [-0.25, -0.2) is 0 Å². The van der Waals surface area contributed by atoms with Crippen LogP contribution in [0.25, 0.3) is 0 Å². The second-order valence-electron chi connectivity index (χ2n) is 5.90. The number of aryl methyl sites for hydroxylation is 1. The molecule has 2 aromatic carbocycles. The van der Waals surface area contributed by atoms with E-state index in [9.17, 15) is 9.59 Å². The van der Waals surface area contributed by atoms with Crippen molar-refractivity contribution in [2.45, 2.75) is 19.4 Å². The van der Waals surface area contributed by atoms with Gasteiger partial charge in [-0.15, -0.1) is 0 Å². The molecule has 24 heavy (non-hydrogen) atoms. The van der Waals surface area contributed by atoms with Gasteiger partial charge in [0, 0.05) is 20.0 Å². The minimum Gasteiger partial charge on any atom is -0.482 e. The van der Waals surface area contributed by atoms with E-state index in [0.717, 1.165) is 11.1 Å². The van der Waals surface area contributed by atoms with Crippen LogP contribution in [0.4, 0.5) is 5.69 Å². The number of benzene rings is 2. The maximum Gasteiger partial charge on any atom is 0.262 e. The zero-order valence-electron chi connectivity index (χ0n) is 13.6. The Morgan fingerprint density at radius 2 is 1.96 bits per heavy atom. The highest BCUT2D eigenvalue weighted by Gasteiger charge is 2.16. The van der Waals surface area contributed by atoms with Crippen molar-refractivity contribution in [2.24, 2.45) is 0 Å². The van der Waals surface area contributed by atoms with Crippen molar-refractivity contribution < 1.29 is 14.3 Å². The highest BCUT2D eigenvalue weighted by atomic mass is 16.5. The normalized spacial score (nSPS) is 12.8. The van der Waals surface area contributed by atoms with Gasteiger partial charge in [0.1, 0.15) is 5.75 Å². The van der Waals surface area contributed by atoms with Crippen LogP contribution in [-0.4, -0.2) is 30.4 Å². The summed E-state index contributed by atoms with van der Waals surface area (Å²) in [6, 6.07) is 15.6. The van der Waals surface area contributed by atoms with Crippen molar-refractivity contribution in [1.29, 1.82) is 0 Å². The van der Waals surface area contributed by atoms with Crippen LogP contribution >= 0.6 is 0 Å². The molecule has 5 nitrogen and oxygen atoms in total. The fraction of sp³-hybridized carbons (Fsp3) is 0.263. The minimum absolute atomic E-state index is 0.0507. The molecule has 0 saturated carbocycles. The molecule has 0 atom stereocenters. The summed E-state index contributed by atoms with van der Waals surface area (Å²) in [5.41, 5.74) is 2.79. The number of anilines is 1. The predicted molar refractivity (Wildman–Crippen MR) is 91.8 cm³/mol. The lowest BCUT2D eigenvalue weighted by molar-refractivity contribution is -0.130. The maximum absolute atomic E-state index is 12.3. The molecule has 0 unspecified atom stereocenters. The molecule has 1 aliphatic heterocycles. The van der Waals surface area contributed by atoms with E-state index in [-0.39, 0.29) is 18.4 Å². The van der Waals surface area contributed by atoms with E-state index in [1.165, 1.54) is 0 Å². The van der Waals surface area contributed by atoms with Gasteiger partial charge < -0.3 is 15.0 Å². The zero-order chi connectivity index (χ0) is 16.9. The fourth-order valence-electron chi connectivity index (χ4n) is 2.67. The summed E-state index contributed by atoms with van der Waals surface area (Å²) in [5, 5.41) is 2.78. The average Bonchev–Trinajstić information content (AvgIpc) is 2.60. The molecule has 2 aromatic rings. The van der Waals surface area contributed by atoms with Gasteiger partial charge in [0.15, 0.2) is 6.61 Å². The number of hydrogen-bond donors (Lipinski definition) is 1. The smallest absolute Gasteiger partial charge is 0.262 e. The number of nitrogens with one attached hydrogen (secondary N) is 1. The van der Waals surface area contributed by atoms with Gasteiger partial charge in [0.25, 0.3) is 5.91 Å². The zero-order valence-corrected chi connectivity index (χ0v) is 13.6. The highest BCUT2D eigenvalue weighted by Crippen LogP contribution is 2.28. The Kier molecular flexibility index (Phi) is 4.79. The number of amides is 2. The molecule has 0 aromatic heterocycles. The Morgan fingerprint density at radius 1 is 1.17 bits per heavy atom. The third-order valence-corrected chi connectivity index (χ3v) is 3.99. The molecule has 5 heteroatoms. The third-order valence-electron chi connectivity index (χ3n) is 3.99. The van der Waals surface area contributed by atoms with Crippen LogP contribution in [0.15, 0.2) is 48.5 Å². The second kappa shape index (κ2) is 7.17. The van der Waals surface area contributed by atoms with E-state index < -0.39 is 0 Å². The monoisotopic (exact) mass is 324 g/mol. The first-order chi connectivity index (χ1) is 11.6. The topological polar surface area (TPSA) is 58.6 Å². The first-order valence-electron chi connectivity index (χ1n) is 7.95. The number of ether oxygens (including phenoxy) is 1. The molecule has 0 fully saturated rings. The Balaban J connectivity index is 1.56. The first kappa shape index (κ1) is 16.1. The van der Waals surface area contributed by atoms with Crippen LogP contribution in [0.2, 0.25) is 0 Å². The van der Waals surface area contributed by atoms with E-state index >= 15 is 0 Å². The van der Waals surface area contributed by atoms with Crippen LogP contribution in [0.1, 0.15) is 17.5 Å². The largest absolute Gasteiger partial charge is 0.482 e. The summed E-state index contributed by atoms with van der Waals surface area (Å²) in [6.45, 7) is 0.656. The lowest BCUT2D eigenvalue weighted by Crippen LogP contribution is -2.26. The molecular weight excluding hydrogens is 304 g/mol. The molecule has 0 aliphatic carbocycles. The number of nitrogens with zero attached hydrogens (tertiary/aromatic N) is 1. The maximum atomic E-state index is 12.3. The molecule has 2 amide bonds. The van der Waals surface area contributed by atoms with Crippen LogP contribution < -0.4 is 10.1 Å². The van der Waals surface area contributed by atoms with Gasteiger partial charge in [-0.1, -0.05) is 36.4 Å². The number of fused-ring (bicyclic) bond motifs is 1. The van der Waals surface area contributed by atoms with Gasteiger partial charge in [-0.3, -0.25) is 9.59 Å². The number of carbonyl (C=O) groups excluding carboxylic acids is 2. The van der Waals surface area contributed by atoms with Crippen LogP contribution in [0.5, 0.6) is 5.75 Å². The van der Waals surface area contributed by atoms with Crippen molar-refractivity contribution >= 4 is 17.5 Å². The Bertz CT molecular complexity index is 744. The standard InChI is InChI=1S/C19H20N2O3/c1-21(12-15-5-3-2-4-6-15)19(23)10-8-14-7-9-17-16(11-14)20-18(22)13-24-17/h2-7,9,11H,8,10,12-13H2,1H3,(H,20,22). The molecule has 1 aliphatic rings. The summed E-state index contributed by atoms with van der Waals surface area (Å²) in [6.07, 6.45) is 1.05. The van der Waals surface area contributed by atoms with Crippen molar-refractivity contribution in [2.75, 3.05) is 19.0 Å². The average molecular weight is 324 g/mol. The molecule has 1 N–H and O–H groups in total. The van der Waals surface area contributed by atoms with Crippen molar-refractivity contribution in [3.8, 4) is 5.75 Å². The molecule has 124 valence electrons. The van der Waals surface area contributed by atoms with Crippen molar-refractivity contribution in [1.82, 2.24) is 4.90 Å². The molecule has 1 heterocycles. The third kappa shape index (κ3) is 3.93.